The lowest BCUT2D eigenvalue weighted by molar-refractivity contribution is 0.0706. The molecule has 2 aliphatic rings. The summed E-state index contributed by atoms with van der Waals surface area (Å²) in [6, 6.07) is 3.42. The predicted octanol–water partition coefficient (Wildman–Crippen LogP) is 2.88. The van der Waals surface area contributed by atoms with Gasteiger partial charge in [-0.15, -0.1) is 0 Å². The molecule has 1 saturated heterocycles. The predicted molar refractivity (Wildman–Crippen MR) is 112 cm³/mol. The summed E-state index contributed by atoms with van der Waals surface area (Å²) in [7, 11) is 3.21. The van der Waals surface area contributed by atoms with E-state index in [1.165, 1.54) is 12.8 Å². The number of anilines is 1. The number of carbonyl (C=O) groups excluding carboxylic acids is 1. The summed E-state index contributed by atoms with van der Waals surface area (Å²) in [5.41, 5.74) is 7.17. The summed E-state index contributed by atoms with van der Waals surface area (Å²) in [6.07, 6.45) is 7.44. The average Bonchev–Trinajstić information content (AvgIpc) is 3.61. The Morgan fingerprint density at radius 2 is 1.77 bits per heavy atom. The van der Waals surface area contributed by atoms with Crippen LogP contribution in [-0.2, 0) is 0 Å². The highest BCUT2D eigenvalue weighted by Gasteiger charge is 2.28. The van der Waals surface area contributed by atoms with E-state index in [4.69, 9.17) is 19.9 Å². The minimum atomic E-state index is -0.0945. The van der Waals surface area contributed by atoms with E-state index in [-0.39, 0.29) is 11.8 Å². The van der Waals surface area contributed by atoms with Crippen LogP contribution in [0.5, 0.6) is 17.2 Å². The quantitative estimate of drug-likeness (QED) is 0.746. The largest absolute Gasteiger partial charge is 0.496 e. The van der Waals surface area contributed by atoms with Gasteiger partial charge in [-0.3, -0.25) is 4.79 Å². The smallest absolute Gasteiger partial charge is 0.272 e. The summed E-state index contributed by atoms with van der Waals surface area (Å²) in [5.74, 6) is 3.13. The molecule has 0 spiro atoms. The molecule has 8 heteroatoms. The van der Waals surface area contributed by atoms with Gasteiger partial charge in [0.15, 0.2) is 11.5 Å². The molecule has 4 rings (SSSR count). The monoisotopic (exact) mass is 412 g/mol. The average molecular weight is 412 g/mol. The molecule has 1 aliphatic carbocycles. The van der Waals surface area contributed by atoms with E-state index in [1.807, 2.05) is 4.90 Å². The van der Waals surface area contributed by atoms with Gasteiger partial charge >= 0.3 is 0 Å². The van der Waals surface area contributed by atoms with Gasteiger partial charge in [0.25, 0.3) is 5.91 Å². The van der Waals surface area contributed by atoms with Crippen molar-refractivity contribution in [2.24, 2.45) is 5.92 Å². The van der Waals surface area contributed by atoms with Gasteiger partial charge in [-0.2, -0.15) is 0 Å². The molecular weight excluding hydrogens is 384 g/mol. The van der Waals surface area contributed by atoms with Crippen LogP contribution in [0.1, 0.15) is 47.7 Å². The standard InChI is InChI=1S/C22H28N4O4/c1-28-18-10-21(23)25-11-16(18)15-5-7-26(8-6-15)22(27)17-9-19(29-2)20(12-24-17)30-13-14-3-4-14/h9-12,14-15H,3-8,13H2,1-2H3,(H2,23,25). The van der Waals surface area contributed by atoms with E-state index in [0.29, 0.717) is 48.6 Å². The van der Waals surface area contributed by atoms with Crippen molar-refractivity contribution < 1.29 is 19.0 Å². The zero-order valence-corrected chi connectivity index (χ0v) is 17.5. The highest BCUT2D eigenvalue weighted by Crippen LogP contribution is 2.36. The number of methoxy groups -OCH3 is 2. The second-order valence-electron chi connectivity index (χ2n) is 7.89. The number of piperidine rings is 1. The highest BCUT2D eigenvalue weighted by molar-refractivity contribution is 5.93. The van der Waals surface area contributed by atoms with Gasteiger partial charge in [0, 0.05) is 37.0 Å². The van der Waals surface area contributed by atoms with Crippen LogP contribution in [0, 0.1) is 5.92 Å². The van der Waals surface area contributed by atoms with E-state index in [1.54, 1.807) is 38.7 Å². The van der Waals surface area contributed by atoms with E-state index in [2.05, 4.69) is 9.97 Å². The molecule has 1 aliphatic heterocycles. The first-order valence-corrected chi connectivity index (χ1v) is 10.3. The van der Waals surface area contributed by atoms with E-state index in [0.717, 1.165) is 24.2 Å². The molecule has 30 heavy (non-hydrogen) atoms. The van der Waals surface area contributed by atoms with Crippen LogP contribution in [-0.4, -0.2) is 54.7 Å². The van der Waals surface area contributed by atoms with Gasteiger partial charge in [-0.05, 0) is 37.5 Å². The molecule has 2 aromatic rings. The maximum atomic E-state index is 13.0. The molecule has 3 heterocycles. The third-order valence-electron chi connectivity index (χ3n) is 5.80. The van der Waals surface area contributed by atoms with Gasteiger partial charge in [0.1, 0.15) is 17.3 Å². The molecule has 0 unspecified atom stereocenters. The van der Waals surface area contributed by atoms with E-state index < -0.39 is 0 Å². The summed E-state index contributed by atoms with van der Waals surface area (Å²) >= 11 is 0. The second kappa shape index (κ2) is 8.77. The molecule has 0 atom stereocenters. The molecule has 2 fully saturated rings. The van der Waals surface area contributed by atoms with Crippen molar-refractivity contribution in [1.29, 1.82) is 0 Å². The SMILES string of the molecule is COc1cc(C(=O)N2CCC(c3cnc(N)cc3OC)CC2)ncc1OCC1CC1. The van der Waals surface area contributed by atoms with Gasteiger partial charge in [0.2, 0.25) is 0 Å². The van der Waals surface area contributed by atoms with Gasteiger partial charge in [-0.25, -0.2) is 9.97 Å². The number of pyridine rings is 2. The van der Waals surface area contributed by atoms with Crippen LogP contribution in [0.15, 0.2) is 24.5 Å². The van der Waals surface area contributed by atoms with Crippen molar-refractivity contribution in [3.05, 3.63) is 35.8 Å². The van der Waals surface area contributed by atoms with Crippen molar-refractivity contribution in [2.45, 2.75) is 31.6 Å². The van der Waals surface area contributed by atoms with E-state index in [9.17, 15) is 4.79 Å². The zero-order chi connectivity index (χ0) is 21.1. The number of nitrogens with zero attached hydrogens (tertiary/aromatic N) is 3. The van der Waals surface area contributed by atoms with Crippen molar-refractivity contribution in [3.8, 4) is 17.2 Å². The first kappa shape index (κ1) is 20.3. The summed E-state index contributed by atoms with van der Waals surface area (Å²) in [4.78, 5) is 23.4. The third kappa shape index (κ3) is 4.42. The first-order valence-electron chi connectivity index (χ1n) is 10.3. The molecule has 2 N–H and O–H groups in total. The molecule has 160 valence electrons. The van der Waals surface area contributed by atoms with Gasteiger partial charge in [0.05, 0.1) is 27.0 Å². The lowest BCUT2D eigenvalue weighted by atomic mass is 9.89. The summed E-state index contributed by atoms with van der Waals surface area (Å²) in [5, 5.41) is 0. The van der Waals surface area contributed by atoms with Gasteiger partial charge in [-0.1, -0.05) is 0 Å². The van der Waals surface area contributed by atoms with Crippen molar-refractivity contribution in [2.75, 3.05) is 39.6 Å². The number of likely N-dealkylation sites (tertiary alicyclic amines) is 1. The molecule has 1 saturated carbocycles. The number of ether oxygens (including phenoxy) is 3. The summed E-state index contributed by atoms with van der Waals surface area (Å²) in [6.45, 7) is 1.95. The number of amides is 1. The maximum absolute atomic E-state index is 13.0. The number of carbonyl (C=O) groups is 1. The fraction of sp³-hybridized carbons (Fsp3) is 0.500. The molecular formula is C22H28N4O4. The van der Waals surface area contributed by atoms with Crippen LogP contribution < -0.4 is 19.9 Å². The van der Waals surface area contributed by atoms with E-state index >= 15 is 0 Å². The van der Waals surface area contributed by atoms with Crippen LogP contribution >= 0.6 is 0 Å². The van der Waals surface area contributed by atoms with Crippen LogP contribution in [0.25, 0.3) is 0 Å². The Balaban J connectivity index is 1.40. The zero-order valence-electron chi connectivity index (χ0n) is 17.5. The van der Waals surface area contributed by atoms with Crippen molar-refractivity contribution >= 4 is 11.7 Å². The third-order valence-corrected chi connectivity index (χ3v) is 5.80. The molecule has 0 bridgehead atoms. The number of rotatable bonds is 7. The van der Waals surface area contributed by atoms with Crippen LogP contribution in [0.2, 0.25) is 0 Å². The molecule has 1 amide bonds. The topological polar surface area (TPSA) is 99.8 Å². The van der Waals surface area contributed by atoms with Crippen LogP contribution in [0.3, 0.4) is 0 Å². The number of hydrogen-bond acceptors (Lipinski definition) is 7. The Morgan fingerprint density at radius 1 is 1.03 bits per heavy atom. The Bertz CT molecular complexity index is 908. The minimum Gasteiger partial charge on any atom is -0.496 e. The minimum absolute atomic E-state index is 0.0945. The number of hydrogen-bond donors (Lipinski definition) is 1. The fourth-order valence-electron chi connectivity index (χ4n) is 3.80. The maximum Gasteiger partial charge on any atom is 0.272 e. The molecule has 0 aromatic carbocycles. The Morgan fingerprint density at radius 3 is 2.43 bits per heavy atom. The highest BCUT2D eigenvalue weighted by atomic mass is 16.5. The van der Waals surface area contributed by atoms with Crippen molar-refractivity contribution in [1.82, 2.24) is 14.9 Å². The molecule has 8 nitrogen and oxygen atoms in total. The normalized spacial score (nSPS) is 16.9. The lowest BCUT2D eigenvalue weighted by Gasteiger charge is -2.32. The Hall–Kier alpha value is -3.03. The number of nitrogens with two attached hydrogens (primary N) is 1. The van der Waals surface area contributed by atoms with Crippen molar-refractivity contribution in [3.63, 3.8) is 0 Å². The Kier molecular flexibility index (Phi) is 5.92. The summed E-state index contributed by atoms with van der Waals surface area (Å²) < 4.78 is 16.7. The van der Waals surface area contributed by atoms with Crippen LogP contribution in [0.4, 0.5) is 5.82 Å². The second-order valence-corrected chi connectivity index (χ2v) is 7.89. The van der Waals surface area contributed by atoms with Gasteiger partial charge < -0.3 is 24.8 Å². The number of aromatic nitrogens is 2. The first-order chi connectivity index (χ1) is 14.6. The fourth-order valence-corrected chi connectivity index (χ4v) is 3.80. The lowest BCUT2D eigenvalue weighted by Crippen LogP contribution is -2.38. The molecule has 0 radical (unpaired) electrons. The Labute approximate surface area is 176 Å². The molecule has 2 aromatic heterocycles. The number of nitrogen functional groups attached to an aromatic ring is 1.